The fourth-order valence-corrected chi connectivity index (χ4v) is 1.52. The molecule has 0 aliphatic carbocycles. The van der Waals surface area contributed by atoms with E-state index in [2.05, 4.69) is 20.4 Å². The molecular weight excluding hydrogens is 234 g/mol. The molecule has 2 N–H and O–H groups in total. The maximum absolute atomic E-state index is 11.0. The second-order valence-corrected chi connectivity index (χ2v) is 3.82. The Morgan fingerprint density at radius 1 is 1.50 bits per heavy atom. The van der Waals surface area contributed by atoms with Gasteiger partial charge in [-0.2, -0.15) is 5.10 Å². The molecule has 0 saturated heterocycles. The Morgan fingerprint density at radius 2 is 2.28 bits per heavy atom. The third kappa shape index (κ3) is 2.29. The van der Waals surface area contributed by atoms with E-state index in [4.69, 9.17) is 5.11 Å². The fourth-order valence-electron chi connectivity index (χ4n) is 1.52. The van der Waals surface area contributed by atoms with Crippen LogP contribution in [0, 0.1) is 6.92 Å². The van der Waals surface area contributed by atoms with Gasteiger partial charge in [0.1, 0.15) is 17.7 Å². The first-order valence-corrected chi connectivity index (χ1v) is 5.34. The number of carboxylic acids is 1. The van der Waals surface area contributed by atoms with E-state index in [1.807, 2.05) is 14.0 Å². The number of hydrogen-bond donors (Lipinski definition) is 2. The molecule has 18 heavy (non-hydrogen) atoms. The van der Waals surface area contributed by atoms with E-state index >= 15 is 0 Å². The lowest BCUT2D eigenvalue weighted by atomic mass is 10.2. The topological polar surface area (TPSA) is 92.9 Å². The highest BCUT2D eigenvalue weighted by Gasteiger charge is 2.11. The number of aromatic carboxylic acids is 1. The third-order valence-electron chi connectivity index (χ3n) is 2.73. The minimum absolute atomic E-state index is 0.0547. The van der Waals surface area contributed by atoms with Gasteiger partial charge in [0.25, 0.3) is 0 Å². The van der Waals surface area contributed by atoms with Gasteiger partial charge in [0.05, 0.1) is 6.20 Å². The maximum atomic E-state index is 11.0. The molecule has 2 aromatic heterocycles. The average Bonchev–Trinajstić information content (AvgIpc) is 2.68. The van der Waals surface area contributed by atoms with Crippen molar-refractivity contribution in [2.75, 3.05) is 5.32 Å². The molecule has 0 aliphatic rings. The number of nitrogens with zero attached hydrogens (tertiary/aromatic N) is 4. The lowest BCUT2D eigenvalue weighted by Gasteiger charge is -2.07. The highest BCUT2D eigenvalue weighted by atomic mass is 16.4. The molecule has 0 atom stereocenters. The smallest absolute Gasteiger partial charge is 0.341 e. The van der Waals surface area contributed by atoms with Gasteiger partial charge in [-0.1, -0.05) is 0 Å². The van der Waals surface area contributed by atoms with Crippen LogP contribution >= 0.6 is 0 Å². The molecule has 0 fully saturated rings. The van der Waals surface area contributed by atoms with E-state index in [0.29, 0.717) is 12.4 Å². The molecule has 7 heteroatoms. The first-order chi connectivity index (χ1) is 8.59. The molecular formula is C11H13N5O2. The Labute approximate surface area is 104 Å². The molecule has 2 aromatic rings. The van der Waals surface area contributed by atoms with Gasteiger partial charge in [-0.3, -0.25) is 4.68 Å². The quantitative estimate of drug-likeness (QED) is 0.831. The lowest BCUT2D eigenvalue weighted by Crippen LogP contribution is -2.09. The van der Waals surface area contributed by atoms with Gasteiger partial charge in [0.15, 0.2) is 0 Å². The first kappa shape index (κ1) is 12.0. The number of nitrogens with one attached hydrogen (secondary N) is 1. The van der Waals surface area contributed by atoms with E-state index < -0.39 is 5.97 Å². The summed E-state index contributed by atoms with van der Waals surface area (Å²) in [4.78, 5) is 18.6. The summed E-state index contributed by atoms with van der Waals surface area (Å²) in [6.45, 7) is 2.42. The third-order valence-corrected chi connectivity index (χ3v) is 2.73. The highest BCUT2D eigenvalue weighted by molar-refractivity contribution is 5.92. The maximum Gasteiger partial charge on any atom is 0.341 e. The summed E-state index contributed by atoms with van der Waals surface area (Å²) >= 11 is 0. The van der Waals surface area contributed by atoms with Gasteiger partial charge in [0, 0.05) is 31.0 Å². The van der Waals surface area contributed by atoms with E-state index in [-0.39, 0.29) is 5.56 Å². The summed E-state index contributed by atoms with van der Waals surface area (Å²) in [5.74, 6) is -0.748. The zero-order valence-electron chi connectivity index (χ0n) is 10.1. The Hall–Kier alpha value is -2.44. The normalized spacial score (nSPS) is 10.3. The minimum atomic E-state index is -1.05. The van der Waals surface area contributed by atoms with Gasteiger partial charge in [-0.15, -0.1) is 0 Å². The number of carboxylic acid groups (broad SMARTS) is 1. The second kappa shape index (κ2) is 4.82. The van der Waals surface area contributed by atoms with Crippen molar-refractivity contribution in [2.45, 2.75) is 13.5 Å². The van der Waals surface area contributed by atoms with Crippen LogP contribution in [0.15, 0.2) is 18.7 Å². The number of aromatic nitrogens is 4. The Kier molecular flexibility index (Phi) is 3.22. The number of carbonyl (C=O) groups is 1. The van der Waals surface area contributed by atoms with E-state index in [1.165, 1.54) is 12.5 Å². The van der Waals surface area contributed by atoms with Crippen molar-refractivity contribution >= 4 is 11.8 Å². The summed E-state index contributed by atoms with van der Waals surface area (Å²) < 4.78 is 1.76. The van der Waals surface area contributed by atoms with Crippen LogP contribution in [-0.4, -0.2) is 30.8 Å². The molecule has 2 heterocycles. The molecule has 2 rings (SSSR count). The summed E-state index contributed by atoms with van der Waals surface area (Å²) in [7, 11) is 1.85. The van der Waals surface area contributed by atoms with Crippen molar-refractivity contribution in [1.29, 1.82) is 0 Å². The van der Waals surface area contributed by atoms with E-state index in [1.54, 1.807) is 10.9 Å². The van der Waals surface area contributed by atoms with Gasteiger partial charge >= 0.3 is 5.97 Å². The standard InChI is InChI=1S/C11H13N5O2/c1-7-8(4-15-16(7)2)3-13-10-9(11(17)18)5-12-6-14-10/h4-6H,3H2,1-2H3,(H,17,18)(H,12,13,14). The van der Waals surface area contributed by atoms with Crippen LogP contribution in [0.1, 0.15) is 21.6 Å². The lowest BCUT2D eigenvalue weighted by molar-refractivity contribution is 0.0697. The molecule has 0 aromatic carbocycles. The average molecular weight is 247 g/mol. The van der Waals surface area contributed by atoms with E-state index in [0.717, 1.165) is 11.3 Å². The van der Waals surface area contributed by atoms with Crippen molar-refractivity contribution in [1.82, 2.24) is 19.7 Å². The van der Waals surface area contributed by atoms with Gasteiger partial charge in [-0.05, 0) is 6.92 Å². The zero-order chi connectivity index (χ0) is 13.1. The fraction of sp³-hybridized carbons (Fsp3) is 0.273. The van der Waals surface area contributed by atoms with Crippen LogP contribution in [0.2, 0.25) is 0 Å². The number of anilines is 1. The summed E-state index contributed by atoms with van der Waals surface area (Å²) in [6.07, 6.45) is 4.32. The van der Waals surface area contributed by atoms with Crippen molar-refractivity contribution in [3.63, 3.8) is 0 Å². The monoisotopic (exact) mass is 247 g/mol. The van der Waals surface area contributed by atoms with Gasteiger partial charge < -0.3 is 10.4 Å². The molecule has 7 nitrogen and oxygen atoms in total. The molecule has 94 valence electrons. The van der Waals surface area contributed by atoms with Crippen LogP contribution in [-0.2, 0) is 13.6 Å². The Balaban J connectivity index is 2.16. The van der Waals surface area contributed by atoms with Crippen LogP contribution in [0.5, 0.6) is 0 Å². The SMILES string of the molecule is Cc1c(CNc2ncncc2C(=O)O)cnn1C. The van der Waals surface area contributed by atoms with Crippen LogP contribution in [0.25, 0.3) is 0 Å². The van der Waals surface area contributed by atoms with Crippen LogP contribution in [0.4, 0.5) is 5.82 Å². The zero-order valence-corrected chi connectivity index (χ0v) is 10.1. The molecule has 0 radical (unpaired) electrons. The molecule has 0 amide bonds. The largest absolute Gasteiger partial charge is 0.477 e. The van der Waals surface area contributed by atoms with Crippen molar-refractivity contribution in [3.8, 4) is 0 Å². The van der Waals surface area contributed by atoms with Crippen molar-refractivity contribution < 1.29 is 9.90 Å². The predicted molar refractivity (Wildman–Crippen MR) is 64.3 cm³/mol. The van der Waals surface area contributed by atoms with Crippen molar-refractivity contribution in [2.24, 2.45) is 7.05 Å². The molecule has 0 bridgehead atoms. The molecule has 0 saturated carbocycles. The highest BCUT2D eigenvalue weighted by Crippen LogP contribution is 2.13. The minimum Gasteiger partial charge on any atom is -0.477 e. The summed E-state index contributed by atoms with van der Waals surface area (Å²) in [5.41, 5.74) is 2.07. The summed E-state index contributed by atoms with van der Waals surface area (Å²) in [5, 5.41) is 16.1. The van der Waals surface area contributed by atoms with Crippen LogP contribution < -0.4 is 5.32 Å². The number of aryl methyl sites for hydroxylation is 1. The van der Waals surface area contributed by atoms with Crippen molar-refractivity contribution in [3.05, 3.63) is 35.5 Å². The molecule has 0 unspecified atom stereocenters. The molecule has 0 aliphatic heterocycles. The molecule has 0 spiro atoms. The first-order valence-electron chi connectivity index (χ1n) is 5.34. The van der Waals surface area contributed by atoms with Crippen LogP contribution in [0.3, 0.4) is 0 Å². The number of hydrogen-bond acceptors (Lipinski definition) is 5. The summed E-state index contributed by atoms with van der Waals surface area (Å²) in [6, 6.07) is 0. The van der Waals surface area contributed by atoms with Gasteiger partial charge in [-0.25, -0.2) is 14.8 Å². The number of rotatable bonds is 4. The Morgan fingerprint density at radius 3 is 2.89 bits per heavy atom. The Bertz CT molecular complexity index is 579. The van der Waals surface area contributed by atoms with E-state index in [9.17, 15) is 4.79 Å². The van der Waals surface area contributed by atoms with Gasteiger partial charge in [0.2, 0.25) is 0 Å². The second-order valence-electron chi connectivity index (χ2n) is 3.82. The predicted octanol–water partition coefficient (Wildman–Crippen LogP) is 0.829.